The third kappa shape index (κ3) is 58.7. The molecule has 0 aliphatic heterocycles. The van der Waals surface area contributed by atoms with E-state index in [9.17, 15) is 59.4 Å². The van der Waals surface area contributed by atoms with Gasteiger partial charge < -0.3 is 73.6 Å². The third-order valence-electron chi connectivity index (χ3n) is 1.58. The van der Waals surface area contributed by atoms with Crippen LogP contribution in [0.25, 0.3) is 0 Å². The average molecular weight is 450 g/mol. The first-order chi connectivity index (χ1) is 12.4. The van der Waals surface area contributed by atoms with Crippen LogP contribution in [0.2, 0.25) is 0 Å². The van der Waals surface area contributed by atoms with Gasteiger partial charge in [-0.1, -0.05) is 0 Å². The molecule has 0 aliphatic carbocycles. The summed E-state index contributed by atoms with van der Waals surface area (Å²) in [5, 5.41) is 57.0. The number of hydrogen-bond acceptors (Lipinski definition) is 15. The van der Waals surface area contributed by atoms with Crippen molar-refractivity contribution in [1.29, 1.82) is 0 Å². The van der Waals surface area contributed by atoms with Crippen molar-refractivity contribution in [2.24, 2.45) is 0 Å². The molecule has 0 heterocycles. The van der Waals surface area contributed by atoms with E-state index in [4.69, 9.17) is 0 Å². The van der Waals surface area contributed by atoms with Crippen LogP contribution < -0.4 is 30.6 Å². The summed E-state index contributed by atoms with van der Waals surface area (Å²) in [5.41, 5.74) is 0. The number of carboxylic acids is 3. The van der Waals surface area contributed by atoms with Gasteiger partial charge in [0.2, 0.25) is 0 Å². The van der Waals surface area contributed by atoms with E-state index in [0.29, 0.717) is 0 Å². The molecule has 0 radical (unpaired) electrons. The van der Waals surface area contributed by atoms with Gasteiger partial charge in [-0.15, -0.1) is 0 Å². The van der Waals surface area contributed by atoms with Gasteiger partial charge in [0.1, 0.15) is 0 Å². The Bertz CT molecular complexity index is 394. The second-order valence-corrected chi connectivity index (χ2v) is 3.66. The van der Waals surface area contributed by atoms with Crippen molar-refractivity contribution < 1.29 is 73.6 Å². The third-order valence-corrected chi connectivity index (χ3v) is 1.58. The molecule has 0 aromatic carbocycles. The van der Waals surface area contributed by atoms with Gasteiger partial charge in [-0.25, -0.2) is 0 Å². The Morgan fingerprint density at radius 1 is 0.448 bits per heavy atom. The molecule has 0 aromatic heterocycles. The van der Waals surface area contributed by atoms with Crippen LogP contribution in [0.4, 0.5) is 14.4 Å². The molecule has 0 unspecified atom stereocenters. The molecule has 0 saturated carbocycles. The standard InChI is InChI=1S/3C4H6O5.2Al/c3*5-3(6)1-2-9-4(7)8;;/h3*1-2H2,(H,5,6)(H,7,8);;/q;;;2*+3/p-6. The van der Waals surface area contributed by atoms with Crippen molar-refractivity contribution in [3.05, 3.63) is 0 Å². The van der Waals surface area contributed by atoms with Gasteiger partial charge in [0.05, 0.1) is 0 Å². The average Bonchev–Trinajstić information content (AvgIpc) is 2.46. The number of carbonyl (C=O) groups is 6. The van der Waals surface area contributed by atoms with Crippen LogP contribution in [0.3, 0.4) is 0 Å². The SMILES string of the molecule is O=C([O-])CCOC(=O)[O-].O=C([O-])CCOC(=O)[O-].O=C([O-])CCOC(=O)[O-].[Al+3].[Al+3]. The fourth-order valence-electron chi connectivity index (χ4n) is 0.653. The first-order valence-corrected chi connectivity index (χ1v) is 6.49. The zero-order valence-corrected chi connectivity index (χ0v) is 16.8. The van der Waals surface area contributed by atoms with E-state index in [1.54, 1.807) is 0 Å². The van der Waals surface area contributed by atoms with Crippen LogP contribution in [0.15, 0.2) is 0 Å². The Morgan fingerprint density at radius 2 is 0.621 bits per heavy atom. The number of carbonyl (C=O) groups excluding carboxylic acids is 6. The molecule has 0 bridgehead atoms. The van der Waals surface area contributed by atoms with E-state index in [1.807, 2.05) is 0 Å². The fourth-order valence-corrected chi connectivity index (χ4v) is 0.653. The number of rotatable bonds is 9. The van der Waals surface area contributed by atoms with Crippen LogP contribution in [0.5, 0.6) is 0 Å². The first kappa shape index (κ1) is 37.1. The fraction of sp³-hybridized carbons (Fsp3) is 0.500. The first-order valence-electron chi connectivity index (χ1n) is 6.49. The topological polar surface area (TPSA) is 268 Å². The Kier molecular flexibility index (Phi) is 32.3. The maximum atomic E-state index is 9.58. The van der Waals surface area contributed by atoms with Crippen molar-refractivity contribution in [2.45, 2.75) is 19.3 Å². The normalized spacial score (nSPS) is 7.86. The smallest absolute Gasteiger partial charge is 0.550 e. The summed E-state index contributed by atoms with van der Waals surface area (Å²) >= 11 is 0. The predicted molar refractivity (Wildman–Crippen MR) is 74.4 cm³/mol. The second-order valence-electron chi connectivity index (χ2n) is 3.66. The summed E-state index contributed by atoms with van der Waals surface area (Å²) < 4.78 is 11.2. The summed E-state index contributed by atoms with van der Waals surface area (Å²) in [4.78, 5) is 57.0. The Balaban J connectivity index is -0.0000000960. The molecule has 0 amide bonds. The molecule has 0 aliphatic rings. The molecular weight excluding hydrogens is 438 g/mol. The molecule has 0 atom stereocenters. The van der Waals surface area contributed by atoms with Crippen LogP contribution in [0.1, 0.15) is 19.3 Å². The van der Waals surface area contributed by atoms with Gasteiger partial charge in [-0.05, 0) is 0 Å². The zero-order valence-electron chi connectivity index (χ0n) is 14.5. The maximum absolute atomic E-state index is 9.58. The zero-order chi connectivity index (χ0) is 21.8. The van der Waals surface area contributed by atoms with Crippen molar-refractivity contribution in [3.63, 3.8) is 0 Å². The molecular formula is C12H12Al2O15. The summed E-state index contributed by atoms with van der Waals surface area (Å²) in [6, 6.07) is 0. The van der Waals surface area contributed by atoms with E-state index in [2.05, 4.69) is 14.2 Å². The Morgan fingerprint density at radius 3 is 0.724 bits per heavy atom. The molecule has 17 heteroatoms. The van der Waals surface area contributed by atoms with E-state index in [1.165, 1.54) is 0 Å². The summed E-state index contributed by atoms with van der Waals surface area (Å²) in [5.74, 6) is -4.05. The predicted octanol–water partition coefficient (Wildman–Crippen LogP) is -8.30. The second kappa shape index (κ2) is 25.3. The van der Waals surface area contributed by atoms with Gasteiger partial charge >= 0.3 is 34.7 Å². The van der Waals surface area contributed by atoms with E-state index in [-0.39, 0.29) is 34.7 Å². The minimum Gasteiger partial charge on any atom is -0.550 e. The molecule has 15 nitrogen and oxygen atoms in total. The summed E-state index contributed by atoms with van der Waals surface area (Å²) in [6.45, 7) is -1.24. The molecule has 29 heavy (non-hydrogen) atoms. The van der Waals surface area contributed by atoms with Gasteiger partial charge in [0.15, 0.2) is 0 Å². The van der Waals surface area contributed by atoms with Gasteiger partial charge in [0.25, 0.3) is 18.5 Å². The van der Waals surface area contributed by atoms with Crippen LogP contribution in [-0.2, 0) is 28.6 Å². The minimum absolute atomic E-state index is 0. The number of aliphatic carboxylic acids is 3. The van der Waals surface area contributed by atoms with Crippen molar-refractivity contribution in [3.8, 4) is 0 Å². The van der Waals surface area contributed by atoms with Crippen LogP contribution >= 0.6 is 0 Å². The molecule has 0 saturated heterocycles. The quantitative estimate of drug-likeness (QED) is 0.179. The molecule has 156 valence electrons. The Labute approximate surface area is 184 Å². The van der Waals surface area contributed by atoms with E-state index >= 15 is 0 Å². The summed E-state index contributed by atoms with van der Waals surface area (Å²) in [6.07, 6.45) is -6.49. The van der Waals surface area contributed by atoms with Gasteiger partial charge in [-0.3, -0.25) is 0 Å². The number of ether oxygens (including phenoxy) is 3. The Hall–Kier alpha value is -2.72. The molecule has 0 spiro atoms. The molecule has 0 fully saturated rings. The maximum Gasteiger partial charge on any atom is 3.00 e. The minimum atomic E-state index is -1.73. The molecule has 0 rings (SSSR count). The number of carboxylic acid groups (broad SMARTS) is 6. The monoisotopic (exact) mass is 450 g/mol. The van der Waals surface area contributed by atoms with E-state index in [0.717, 1.165) is 0 Å². The largest absolute Gasteiger partial charge is 3.00 e. The van der Waals surface area contributed by atoms with Gasteiger partial charge in [-0.2, -0.15) is 0 Å². The van der Waals surface area contributed by atoms with Crippen molar-refractivity contribution in [2.75, 3.05) is 19.8 Å². The van der Waals surface area contributed by atoms with Crippen molar-refractivity contribution >= 4 is 71.1 Å². The van der Waals surface area contributed by atoms with Crippen LogP contribution in [0, 0.1) is 0 Å². The number of hydrogen-bond donors (Lipinski definition) is 0. The molecule has 0 N–H and O–H groups in total. The van der Waals surface area contributed by atoms with Crippen LogP contribution in [-0.4, -0.2) is 90.9 Å². The molecule has 0 aromatic rings. The summed E-state index contributed by atoms with van der Waals surface area (Å²) in [7, 11) is 0. The van der Waals surface area contributed by atoms with Gasteiger partial charge in [0, 0.05) is 57.0 Å². The van der Waals surface area contributed by atoms with Crippen molar-refractivity contribution in [1.82, 2.24) is 0 Å². The van der Waals surface area contributed by atoms with E-state index < -0.39 is 75.5 Å².